The summed E-state index contributed by atoms with van der Waals surface area (Å²) < 4.78 is 3.03. The van der Waals surface area contributed by atoms with Gasteiger partial charge < -0.3 is 5.73 Å². The van der Waals surface area contributed by atoms with Crippen LogP contribution in [0.4, 0.5) is 0 Å². The second-order valence-corrected chi connectivity index (χ2v) is 6.38. The van der Waals surface area contributed by atoms with Crippen LogP contribution in [0.15, 0.2) is 40.2 Å². The Bertz CT molecular complexity index is 716. The second kappa shape index (κ2) is 5.07. The van der Waals surface area contributed by atoms with Gasteiger partial charge in [0.15, 0.2) is 0 Å². The third-order valence-electron chi connectivity index (χ3n) is 3.23. The van der Waals surface area contributed by atoms with E-state index in [0.717, 1.165) is 27.5 Å². The van der Waals surface area contributed by atoms with Crippen molar-refractivity contribution in [3.05, 3.63) is 50.8 Å². The van der Waals surface area contributed by atoms with Crippen LogP contribution in [0.5, 0.6) is 0 Å². The standard InChI is InChI=1S/C14H14BrN3S/c1-18-12-5-3-2-4-9(12)14(17-18)11(16)8-13-10(15)6-7-19-13/h2-7,11H,8,16H2,1H3. The summed E-state index contributed by atoms with van der Waals surface area (Å²) in [4.78, 5) is 1.27. The SMILES string of the molecule is Cn1nc(C(N)Cc2sccc2Br)c2ccccc21. The number of halogens is 1. The summed E-state index contributed by atoms with van der Waals surface area (Å²) >= 11 is 5.27. The second-order valence-electron chi connectivity index (χ2n) is 4.53. The normalized spacial score (nSPS) is 13.0. The monoisotopic (exact) mass is 335 g/mol. The number of hydrogen-bond donors (Lipinski definition) is 1. The predicted molar refractivity (Wildman–Crippen MR) is 83.4 cm³/mol. The van der Waals surface area contributed by atoms with Crippen molar-refractivity contribution in [1.82, 2.24) is 9.78 Å². The fourth-order valence-corrected chi connectivity index (χ4v) is 3.86. The Morgan fingerprint density at radius 1 is 1.37 bits per heavy atom. The van der Waals surface area contributed by atoms with Crippen molar-refractivity contribution in [2.45, 2.75) is 12.5 Å². The maximum Gasteiger partial charge on any atom is 0.0874 e. The van der Waals surface area contributed by atoms with E-state index >= 15 is 0 Å². The average molecular weight is 336 g/mol. The fourth-order valence-electron chi connectivity index (χ4n) is 2.28. The van der Waals surface area contributed by atoms with Crippen LogP contribution < -0.4 is 5.73 Å². The van der Waals surface area contributed by atoms with E-state index in [-0.39, 0.29) is 6.04 Å². The van der Waals surface area contributed by atoms with E-state index in [1.54, 1.807) is 11.3 Å². The van der Waals surface area contributed by atoms with Gasteiger partial charge in [-0.25, -0.2) is 0 Å². The molecule has 0 spiro atoms. The molecule has 2 heterocycles. The van der Waals surface area contributed by atoms with Crippen LogP contribution in [-0.4, -0.2) is 9.78 Å². The molecule has 19 heavy (non-hydrogen) atoms. The third-order valence-corrected chi connectivity index (χ3v) is 5.18. The largest absolute Gasteiger partial charge is 0.322 e. The highest BCUT2D eigenvalue weighted by molar-refractivity contribution is 9.10. The van der Waals surface area contributed by atoms with Crippen molar-refractivity contribution in [2.24, 2.45) is 12.8 Å². The third kappa shape index (κ3) is 2.33. The molecule has 1 aromatic carbocycles. The Morgan fingerprint density at radius 2 is 2.16 bits per heavy atom. The lowest BCUT2D eigenvalue weighted by Gasteiger charge is -2.08. The summed E-state index contributed by atoms with van der Waals surface area (Å²) in [5, 5.41) is 7.80. The molecule has 0 aliphatic carbocycles. The highest BCUT2D eigenvalue weighted by atomic mass is 79.9. The van der Waals surface area contributed by atoms with Crippen molar-refractivity contribution in [3.63, 3.8) is 0 Å². The lowest BCUT2D eigenvalue weighted by atomic mass is 10.1. The van der Waals surface area contributed by atoms with Crippen LogP contribution in [0.1, 0.15) is 16.6 Å². The molecule has 5 heteroatoms. The van der Waals surface area contributed by atoms with Gasteiger partial charge in [0, 0.05) is 28.2 Å². The van der Waals surface area contributed by atoms with E-state index < -0.39 is 0 Å². The number of nitrogens with zero attached hydrogens (tertiary/aromatic N) is 2. The van der Waals surface area contributed by atoms with Gasteiger partial charge in [0.05, 0.1) is 17.3 Å². The first kappa shape index (κ1) is 12.8. The van der Waals surface area contributed by atoms with Gasteiger partial charge in [-0.1, -0.05) is 18.2 Å². The summed E-state index contributed by atoms with van der Waals surface area (Å²) in [7, 11) is 1.96. The molecule has 0 aliphatic heterocycles. The Kier molecular flexibility index (Phi) is 3.43. The molecule has 0 bridgehead atoms. The molecule has 0 aliphatic rings. The highest BCUT2D eigenvalue weighted by Gasteiger charge is 2.17. The molecule has 3 nitrogen and oxygen atoms in total. The lowest BCUT2D eigenvalue weighted by Crippen LogP contribution is -2.14. The number of nitrogens with two attached hydrogens (primary N) is 1. The number of para-hydroxylation sites is 1. The van der Waals surface area contributed by atoms with Gasteiger partial charge in [0.1, 0.15) is 0 Å². The van der Waals surface area contributed by atoms with Crippen LogP contribution in [0.25, 0.3) is 10.9 Å². The highest BCUT2D eigenvalue weighted by Crippen LogP contribution is 2.29. The van der Waals surface area contributed by atoms with Gasteiger partial charge in [0.25, 0.3) is 0 Å². The molecule has 0 saturated heterocycles. The van der Waals surface area contributed by atoms with Crippen LogP contribution in [0, 0.1) is 0 Å². The summed E-state index contributed by atoms with van der Waals surface area (Å²) in [6.45, 7) is 0. The average Bonchev–Trinajstić information content (AvgIpc) is 2.95. The first-order valence-electron chi connectivity index (χ1n) is 6.06. The van der Waals surface area contributed by atoms with Gasteiger partial charge in [-0.3, -0.25) is 4.68 Å². The van der Waals surface area contributed by atoms with Gasteiger partial charge in [0.2, 0.25) is 0 Å². The van der Waals surface area contributed by atoms with Crippen molar-refractivity contribution in [1.29, 1.82) is 0 Å². The zero-order valence-corrected chi connectivity index (χ0v) is 12.9. The minimum atomic E-state index is -0.0824. The fraction of sp³-hybridized carbons (Fsp3) is 0.214. The van der Waals surface area contributed by atoms with E-state index in [2.05, 4.69) is 44.6 Å². The minimum Gasteiger partial charge on any atom is -0.322 e. The van der Waals surface area contributed by atoms with Crippen LogP contribution in [0.3, 0.4) is 0 Å². The van der Waals surface area contributed by atoms with E-state index in [0.29, 0.717) is 0 Å². The number of hydrogen-bond acceptors (Lipinski definition) is 3. The quantitative estimate of drug-likeness (QED) is 0.794. The molecule has 0 amide bonds. The maximum atomic E-state index is 6.34. The molecule has 1 atom stereocenters. The Morgan fingerprint density at radius 3 is 2.89 bits per heavy atom. The first-order valence-corrected chi connectivity index (χ1v) is 7.73. The Hall–Kier alpha value is -1.17. The summed E-state index contributed by atoms with van der Waals surface area (Å²) in [6.07, 6.45) is 0.805. The molecule has 3 rings (SSSR count). The van der Waals surface area contributed by atoms with E-state index in [4.69, 9.17) is 5.73 Å². The summed E-state index contributed by atoms with van der Waals surface area (Å²) in [5.74, 6) is 0. The smallest absolute Gasteiger partial charge is 0.0874 e. The predicted octanol–water partition coefficient (Wildman–Crippen LogP) is 3.64. The van der Waals surface area contributed by atoms with Crippen LogP contribution in [0.2, 0.25) is 0 Å². The van der Waals surface area contributed by atoms with Crippen molar-refractivity contribution >= 4 is 38.2 Å². The molecule has 2 aromatic heterocycles. The number of fused-ring (bicyclic) bond motifs is 1. The minimum absolute atomic E-state index is 0.0824. The zero-order chi connectivity index (χ0) is 13.4. The molecule has 98 valence electrons. The van der Waals surface area contributed by atoms with Crippen molar-refractivity contribution in [2.75, 3.05) is 0 Å². The molecule has 0 fully saturated rings. The van der Waals surface area contributed by atoms with E-state index in [1.165, 1.54) is 4.88 Å². The number of rotatable bonds is 3. The number of benzene rings is 1. The van der Waals surface area contributed by atoms with E-state index in [9.17, 15) is 0 Å². The lowest BCUT2D eigenvalue weighted by molar-refractivity contribution is 0.669. The van der Waals surface area contributed by atoms with Gasteiger partial charge in [-0.2, -0.15) is 5.10 Å². The van der Waals surface area contributed by atoms with Gasteiger partial charge in [-0.05, 0) is 33.4 Å². The van der Waals surface area contributed by atoms with Crippen LogP contribution >= 0.6 is 27.3 Å². The molecule has 1 unspecified atom stereocenters. The first-order chi connectivity index (χ1) is 9.16. The Balaban J connectivity index is 1.98. The zero-order valence-electron chi connectivity index (χ0n) is 10.5. The van der Waals surface area contributed by atoms with Crippen molar-refractivity contribution < 1.29 is 0 Å². The van der Waals surface area contributed by atoms with Gasteiger partial charge >= 0.3 is 0 Å². The summed E-state index contributed by atoms with van der Waals surface area (Å²) in [6, 6.07) is 10.2. The van der Waals surface area contributed by atoms with Gasteiger partial charge in [-0.15, -0.1) is 11.3 Å². The number of aromatic nitrogens is 2. The molecule has 0 radical (unpaired) electrons. The molecular formula is C14H14BrN3S. The molecule has 2 N–H and O–H groups in total. The molecular weight excluding hydrogens is 322 g/mol. The van der Waals surface area contributed by atoms with Crippen molar-refractivity contribution in [3.8, 4) is 0 Å². The Labute approximate surface area is 124 Å². The number of thiophene rings is 1. The molecule has 3 aromatic rings. The van der Waals surface area contributed by atoms with Crippen LogP contribution in [-0.2, 0) is 13.5 Å². The maximum absolute atomic E-state index is 6.34. The number of aryl methyl sites for hydroxylation is 1. The van der Waals surface area contributed by atoms with E-state index in [1.807, 2.05) is 23.9 Å². The molecule has 0 saturated carbocycles. The summed E-state index contributed by atoms with van der Waals surface area (Å²) in [5.41, 5.74) is 8.44. The topological polar surface area (TPSA) is 43.8 Å².